The van der Waals surface area contributed by atoms with Crippen LogP contribution in [0.1, 0.15) is 6.42 Å². The molecule has 1 N–H and O–H groups in total. The van der Waals surface area contributed by atoms with Crippen LogP contribution < -0.4 is 0 Å². The minimum Gasteiger partial charge on any atom is -0.402 e. The molecule has 0 saturated carbocycles. The van der Waals surface area contributed by atoms with E-state index in [0.717, 1.165) is 0 Å². The summed E-state index contributed by atoms with van der Waals surface area (Å²) in [5.74, 6) is 0. The Labute approximate surface area is 33.4 Å². The number of aliphatic hydroxyl groups is 1. The Balaban J connectivity index is 2.54. The van der Waals surface area contributed by atoms with Crippen molar-refractivity contribution in [2.24, 2.45) is 0 Å². The molecule has 1 nitrogen and oxygen atoms in total. The lowest BCUT2D eigenvalue weighted by atomic mass is 9.98. The van der Waals surface area contributed by atoms with Crippen molar-refractivity contribution in [1.82, 2.24) is 0 Å². The Morgan fingerprint density at radius 3 is 2.20 bits per heavy atom. The zero-order valence-corrected chi connectivity index (χ0v) is 3.44. The van der Waals surface area contributed by atoms with Crippen LogP contribution in [-0.2, 0) is 0 Å². The summed E-state index contributed by atoms with van der Waals surface area (Å²) in [5.41, 5.74) is 0. The second-order valence-corrected chi connectivity index (χ2v) is 1.14. The van der Waals surface area contributed by atoms with Crippen LogP contribution in [0.4, 0.5) is 0 Å². The molecule has 0 rings (SSSR count). The van der Waals surface area contributed by atoms with Gasteiger partial charge in [0.1, 0.15) is 7.85 Å². The van der Waals surface area contributed by atoms with Gasteiger partial charge in [-0.15, -0.1) is 0 Å². The normalized spacial score (nSPS) is 14.8. The quantitative estimate of drug-likeness (QED) is 0.399. The third-order valence-corrected chi connectivity index (χ3v) is 0.418. The van der Waals surface area contributed by atoms with Gasteiger partial charge < -0.3 is 5.11 Å². The fourth-order valence-corrected chi connectivity index (χ4v) is 0. The molecule has 0 aliphatic heterocycles. The molecule has 29 valence electrons. The van der Waals surface area contributed by atoms with E-state index in [1.807, 2.05) is 0 Å². The first-order chi connectivity index (χ1) is 2.27. The van der Waals surface area contributed by atoms with Crippen molar-refractivity contribution < 1.29 is 5.11 Å². The van der Waals surface area contributed by atoms with Gasteiger partial charge in [0.15, 0.2) is 0 Å². The molecule has 2 heteroatoms. The van der Waals surface area contributed by atoms with E-state index in [4.69, 9.17) is 5.11 Å². The van der Waals surface area contributed by atoms with Gasteiger partial charge >= 0.3 is 0 Å². The van der Waals surface area contributed by atoms with Gasteiger partial charge in [0.05, 0.1) is 0 Å². The molecule has 1 radical (unpaired) electrons. The summed E-state index contributed by atoms with van der Waals surface area (Å²) in [6.45, 7) is 3.44. The van der Waals surface area contributed by atoms with E-state index in [-0.39, 0.29) is 6.00 Å². The molecular formula is C3H8BO. The molecule has 0 bridgehead atoms. The van der Waals surface area contributed by atoms with E-state index in [2.05, 4.69) is 6.92 Å². The van der Waals surface area contributed by atoms with Crippen LogP contribution >= 0.6 is 0 Å². The van der Waals surface area contributed by atoms with Gasteiger partial charge in [-0.3, -0.25) is 0 Å². The summed E-state index contributed by atoms with van der Waals surface area (Å²) in [5, 5.41) is 8.30. The predicted molar refractivity (Wildman–Crippen MR) is 24.5 cm³/mol. The molecule has 0 heterocycles. The molecule has 1 atom stereocenters. The largest absolute Gasteiger partial charge is 0.402 e. The Morgan fingerprint density at radius 1 is 2.00 bits per heavy atom. The van der Waals surface area contributed by atoms with Gasteiger partial charge in [0, 0.05) is 6.00 Å². The molecule has 1 unspecified atom stereocenters. The van der Waals surface area contributed by atoms with Gasteiger partial charge in [-0.25, -0.2) is 0 Å². The highest BCUT2D eigenvalue weighted by atomic mass is 16.3. The molecule has 0 fully saturated rings. The van der Waals surface area contributed by atoms with Crippen molar-refractivity contribution in [3.05, 3.63) is 6.92 Å². The van der Waals surface area contributed by atoms with Crippen LogP contribution in [0.2, 0.25) is 0 Å². The van der Waals surface area contributed by atoms with Gasteiger partial charge in [0.25, 0.3) is 0 Å². The topological polar surface area (TPSA) is 20.2 Å². The van der Waals surface area contributed by atoms with Crippen LogP contribution in [0.3, 0.4) is 0 Å². The summed E-state index contributed by atoms with van der Waals surface area (Å²) in [7, 11) is 1.72. The van der Waals surface area contributed by atoms with Crippen LogP contribution in [0.5, 0.6) is 0 Å². The van der Waals surface area contributed by atoms with Crippen molar-refractivity contribution in [3.8, 4) is 0 Å². The first-order valence-corrected chi connectivity index (χ1v) is 1.74. The minimum atomic E-state index is -0.227. The zero-order valence-electron chi connectivity index (χ0n) is 3.44. The van der Waals surface area contributed by atoms with Crippen molar-refractivity contribution in [1.29, 1.82) is 0 Å². The summed E-state index contributed by atoms with van der Waals surface area (Å²) in [6, 6.07) is -0.227. The van der Waals surface area contributed by atoms with Crippen molar-refractivity contribution in [2.75, 3.05) is 0 Å². The first-order valence-electron chi connectivity index (χ1n) is 1.74. The Morgan fingerprint density at radius 2 is 2.20 bits per heavy atom. The predicted octanol–water partition coefficient (Wildman–Crippen LogP) is -0.838. The third-order valence-electron chi connectivity index (χ3n) is 0.418. The fraction of sp³-hybridized carbons (Fsp3) is 0.667. The van der Waals surface area contributed by atoms with E-state index in [9.17, 15) is 0 Å². The minimum absolute atomic E-state index is 0.227. The van der Waals surface area contributed by atoms with Crippen molar-refractivity contribution in [3.63, 3.8) is 0 Å². The summed E-state index contributed by atoms with van der Waals surface area (Å²) in [6.07, 6.45) is 0.611. The molecule has 0 aliphatic carbocycles. The first kappa shape index (κ1) is 5.02. The van der Waals surface area contributed by atoms with Crippen LogP contribution in [0.15, 0.2) is 0 Å². The maximum Gasteiger partial charge on any atom is 0.138 e. The summed E-state index contributed by atoms with van der Waals surface area (Å²) >= 11 is 0. The summed E-state index contributed by atoms with van der Waals surface area (Å²) < 4.78 is 0. The number of aliphatic hydroxyl groups excluding tert-OH is 1. The highest BCUT2D eigenvalue weighted by Crippen LogP contribution is 1.75. The maximum absolute atomic E-state index is 8.30. The smallest absolute Gasteiger partial charge is 0.138 e. The third kappa shape index (κ3) is 4.02. The number of hydrogen-bond donors (Lipinski definition) is 1. The standard InChI is InChI=1S/C3H8BO/c1-2-3(4)5/h3,5H,1-2,4H2. The molecule has 0 aromatic carbocycles. The lowest BCUT2D eigenvalue weighted by Gasteiger charge is -1.90. The van der Waals surface area contributed by atoms with Gasteiger partial charge in [0.2, 0.25) is 0 Å². The molecule has 0 spiro atoms. The number of rotatable bonds is 1. The lowest BCUT2D eigenvalue weighted by Crippen LogP contribution is -2.00. The van der Waals surface area contributed by atoms with Crippen molar-refractivity contribution >= 4 is 7.85 Å². The lowest BCUT2D eigenvalue weighted by molar-refractivity contribution is 0.259. The van der Waals surface area contributed by atoms with Crippen LogP contribution in [0, 0.1) is 6.92 Å². The van der Waals surface area contributed by atoms with Gasteiger partial charge in [-0.2, -0.15) is 0 Å². The molecule has 0 aromatic heterocycles. The highest BCUT2D eigenvalue weighted by molar-refractivity contribution is 6.10. The van der Waals surface area contributed by atoms with E-state index in [1.165, 1.54) is 0 Å². The maximum atomic E-state index is 8.30. The van der Waals surface area contributed by atoms with Crippen LogP contribution in [0.25, 0.3) is 0 Å². The van der Waals surface area contributed by atoms with Crippen LogP contribution in [-0.4, -0.2) is 19.0 Å². The monoisotopic (exact) mass is 71.1 g/mol. The second kappa shape index (κ2) is 2.27. The molecular weight excluding hydrogens is 62.8 g/mol. The number of hydrogen-bond acceptors (Lipinski definition) is 1. The van der Waals surface area contributed by atoms with Gasteiger partial charge in [-0.1, -0.05) is 6.92 Å². The zero-order chi connectivity index (χ0) is 4.28. The Kier molecular flexibility index (Phi) is 2.28. The summed E-state index contributed by atoms with van der Waals surface area (Å²) in [4.78, 5) is 0. The van der Waals surface area contributed by atoms with E-state index >= 15 is 0 Å². The molecule has 0 aromatic rings. The van der Waals surface area contributed by atoms with E-state index in [1.54, 1.807) is 7.85 Å². The molecule has 5 heavy (non-hydrogen) atoms. The SMILES string of the molecule is BC(O)C[CH2]. The molecule has 0 aliphatic rings. The van der Waals surface area contributed by atoms with Gasteiger partial charge in [-0.05, 0) is 6.42 Å². The second-order valence-electron chi connectivity index (χ2n) is 1.14. The molecule has 0 amide bonds. The average Bonchev–Trinajstić information content (AvgIpc) is 1.38. The van der Waals surface area contributed by atoms with Crippen molar-refractivity contribution in [2.45, 2.75) is 12.4 Å². The fourth-order valence-electron chi connectivity index (χ4n) is 0. The highest BCUT2D eigenvalue weighted by Gasteiger charge is 1.82. The van der Waals surface area contributed by atoms with E-state index in [0.29, 0.717) is 6.42 Å². The molecule has 0 saturated heterocycles. The Bertz CT molecular complexity index is 20.9. The average molecular weight is 70.9 g/mol. The Hall–Kier alpha value is 0.0249. The van der Waals surface area contributed by atoms with E-state index < -0.39 is 0 Å².